The zero-order chi connectivity index (χ0) is 10.5. The summed E-state index contributed by atoms with van der Waals surface area (Å²) in [6.07, 6.45) is 3.99. The van der Waals surface area contributed by atoms with E-state index in [1.165, 1.54) is 5.56 Å². The average molecular weight is 210 g/mol. The molecule has 1 aromatic heterocycles. The molecule has 0 aliphatic carbocycles. The van der Waals surface area contributed by atoms with E-state index in [0.29, 0.717) is 0 Å². The van der Waals surface area contributed by atoms with E-state index in [0.717, 1.165) is 39.4 Å². The van der Waals surface area contributed by atoms with Gasteiger partial charge in [0.1, 0.15) is 0 Å². The molecule has 0 bridgehead atoms. The molecule has 1 fully saturated rings. The minimum atomic E-state index is 0.821. The number of nitrogens with one attached hydrogen (secondary N) is 1. The Morgan fingerprint density at radius 1 is 1.47 bits per heavy atom. The minimum Gasteiger partial charge on any atom is -0.379 e. The van der Waals surface area contributed by atoms with Gasteiger partial charge in [-0.05, 0) is 6.92 Å². The van der Waals surface area contributed by atoms with Crippen molar-refractivity contribution >= 4 is 0 Å². The van der Waals surface area contributed by atoms with Crippen molar-refractivity contribution in [1.29, 1.82) is 0 Å². The molecule has 5 nitrogen and oxygen atoms in total. The van der Waals surface area contributed by atoms with Crippen molar-refractivity contribution in [3.8, 4) is 0 Å². The normalized spacial score (nSPS) is 18.2. The van der Waals surface area contributed by atoms with Crippen LogP contribution < -0.4 is 5.43 Å². The molecule has 0 amide bonds. The van der Waals surface area contributed by atoms with Crippen LogP contribution in [-0.4, -0.2) is 41.1 Å². The number of rotatable bonds is 4. The van der Waals surface area contributed by atoms with Crippen molar-refractivity contribution in [3.63, 3.8) is 0 Å². The van der Waals surface area contributed by atoms with Gasteiger partial charge in [-0.2, -0.15) is 5.10 Å². The third-order valence-electron chi connectivity index (χ3n) is 2.53. The second-order valence-electron chi connectivity index (χ2n) is 3.64. The monoisotopic (exact) mass is 210 g/mol. The molecule has 15 heavy (non-hydrogen) atoms. The molecule has 0 saturated carbocycles. The summed E-state index contributed by atoms with van der Waals surface area (Å²) in [4.78, 5) is 0. The average Bonchev–Trinajstić information content (AvgIpc) is 2.76. The first-order valence-corrected chi connectivity index (χ1v) is 5.46. The van der Waals surface area contributed by atoms with Crippen molar-refractivity contribution in [2.45, 2.75) is 20.0 Å². The standard InChI is InChI=1S/C10H18N4O/c1-2-13-9-10(7-11-13)8-12-14-3-5-15-6-4-14/h7,9,12H,2-6,8H2,1H3. The van der Waals surface area contributed by atoms with Gasteiger partial charge in [-0.25, -0.2) is 5.01 Å². The Morgan fingerprint density at radius 2 is 2.27 bits per heavy atom. The molecule has 2 rings (SSSR count). The summed E-state index contributed by atoms with van der Waals surface area (Å²) in [6, 6.07) is 0. The molecule has 1 aliphatic heterocycles. The molecule has 1 aromatic rings. The third-order valence-corrected chi connectivity index (χ3v) is 2.53. The Kier molecular flexibility index (Phi) is 3.71. The Balaban J connectivity index is 1.76. The Bertz CT molecular complexity index is 293. The van der Waals surface area contributed by atoms with Crippen LogP contribution in [0.1, 0.15) is 12.5 Å². The van der Waals surface area contributed by atoms with E-state index in [1.807, 2.05) is 10.9 Å². The predicted octanol–water partition coefficient (Wildman–Crippen LogP) is 0.240. The quantitative estimate of drug-likeness (QED) is 0.773. The van der Waals surface area contributed by atoms with E-state index in [1.54, 1.807) is 0 Å². The fourth-order valence-corrected chi connectivity index (χ4v) is 1.60. The highest BCUT2D eigenvalue weighted by Gasteiger charge is 2.09. The minimum absolute atomic E-state index is 0.821. The van der Waals surface area contributed by atoms with Crippen LogP contribution in [-0.2, 0) is 17.8 Å². The van der Waals surface area contributed by atoms with Gasteiger partial charge in [0.25, 0.3) is 0 Å². The van der Waals surface area contributed by atoms with Gasteiger partial charge in [0, 0.05) is 37.9 Å². The Morgan fingerprint density at radius 3 is 2.93 bits per heavy atom. The van der Waals surface area contributed by atoms with Crippen LogP contribution in [0.3, 0.4) is 0 Å². The van der Waals surface area contributed by atoms with Crippen LogP contribution in [0.2, 0.25) is 0 Å². The number of hydrogen-bond donors (Lipinski definition) is 1. The van der Waals surface area contributed by atoms with Gasteiger partial charge < -0.3 is 4.74 Å². The van der Waals surface area contributed by atoms with Gasteiger partial charge in [0.15, 0.2) is 0 Å². The molecule has 5 heteroatoms. The number of morpholine rings is 1. The second-order valence-corrected chi connectivity index (χ2v) is 3.64. The molecular weight excluding hydrogens is 192 g/mol. The molecule has 1 saturated heterocycles. The lowest BCUT2D eigenvalue weighted by atomic mass is 10.4. The number of aromatic nitrogens is 2. The predicted molar refractivity (Wildman–Crippen MR) is 57.1 cm³/mol. The molecule has 0 aromatic carbocycles. The number of aryl methyl sites for hydroxylation is 1. The maximum Gasteiger partial charge on any atom is 0.0608 e. The fraction of sp³-hybridized carbons (Fsp3) is 0.700. The van der Waals surface area contributed by atoms with Gasteiger partial charge in [0.2, 0.25) is 0 Å². The Labute approximate surface area is 90.0 Å². The maximum absolute atomic E-state index is 5.28. The number of ether oxygens (including phenoxy) is 1. The van der Waals surface area contributed by atoms with Crippen molar-refractivity contribution in [3.05, 3.63) is 18.0 Å². The highest BCUT2D eigenvalue weighted by atomic mass is 16.5. The summed E-state index contributed by atoms with van der Waals surface area (Å²) in [6.45, 7) is 7.43. The molecule has 0 atom stereocenters. The SMILES string of the molecule is CCn1cc(CNN2CCOCC2)cn1. The van der Waals surface area contributed by atoms with Gasteiger partial charge in [-0.15, -0.1) is 0 Å². The lowest BCUT2D eigenvalue weighted by molar-refractivity contribution is 0.0106. The van der Waals surface area contributed by atoms with Crippen molar-refractivity contribution < 1.29 is 4.74 Å². The van der Waals surface area contributed by atoms with Gasteiger partial charge in [-0.3, -0.25) is 10.1 Å². The largest absolute Gasteiger partial charge is 0.379 e. The zero-order valence-electron chi connectivity index (χ0n) is 9.15. The van der Waals surface area contributed by atoms with E-state index in [9.17, 15) is 0 Å². The fourth-order valence-electron chi connectivity index (χ4n) is 1.60. The lowest BCUT2D eigenvalue weighted by Gasteiger charge is -2.26. The number of nitrogens with zero attached hydrogens (tertiary/aromatic N) is 3. The molecule has 0 radical (unpaired) electrons. The Hall–Kier alpha value is -0.910. The van der Waals surface area contributed by atoms with Gasteiger partial charge in [0.05, 0.1) is 19.4 Å². The summed E-state index contributed by atoms with van der Waals surface area (Å²) >= 11 is 0. The van der Waals surface area contributed by atoms with E-state index in [2.05, 4.69) is 28.7 Å². The molecular formula is C10H18N4O. The van der Waals surface area contributed by atoms with Crippen LogP contribution in [0, 0.1) is 0 Å². The van der Waals surface area contributed by atoms with Crippen LogP contribution >= 0.6 is 0 Å². The van der Waals surface area contributed by atoms with Crippen LogP contribution in [0.5, 0.6) is 0 Å². The van der Waals surface area contributed by atoms with Gasteiger partial charge >= 0.3 is 0 Å². The van der Waals surface area contributed by atoms with Crippen LogP contribution in [0.25, 0.3) is 0 Å². The molecule has 1 aliphatic rings. The highest BCUT2D eigenvalue weighted by molar-refractivity contribution is 5.02. The second kappa shape index (κ2) is 5.25. The summed E-state index contributed by atoms with van der Waals surface area (Å²) in [5.41, 5.74) is 4.60. The van der Waals surface area contributed by atoms with Crippen LogP contribution in [0.15, 0.2) is 12.4 Å². The smallest absolute Gasteiger partial charge is 0.0608 e. The summed E-state index contributed by atoms with van der Waals surface area (Å²) in [5.74, 6) is 0. The molecule has 2 heterocycles. The topological polar surface area (TPSA) is 42.3 Å². The highest BCUT2D eigenvalue weighted by Crippen LogP contribution is 1.99. The maximum atomic E-state index is 5.28. The number of hydrazine groups is 1. The zero-order valence-corrected chi connectivity index (χ0v) is 9.15. The first kappa shape index (κ1) is 10.6. The van der Waals surface area contributed by atoms with E-state index in [4.69, 9.17) is 4.74 Å². The summed E-state index contributed by atoms with van der Waals surface area (Å²) in [5, 5.41) is 6.43. The number of hydrogen-bond acceptors (Lipinski definition) is 4. The summed E-state index contributed by atoms with van der Waals surface area (Å²) < 4.78 is 7.22. The molecule has 1 N–H and O–H groups in total. The first-order valence-electron chi connectivity index (χ1n) is 5.46. The van der Waals surface area contributed by atoms with E-state index >= 15 is 0 Å². The summed E-state index contributed by atoms with van der Waals surface area (Å²) in [7, 11) is 0. The third kappa shape index (κ3) is 3.02. The van der Waals surface area contributed by atoms with E-state index < -0.39 is 0 Å². The molecule has 84 valence electrons. The van der Waals surface area contributed by atoms with Crippen LogP contribution in [0.4, 0.5) is 0 Å². The van der Waals surface area contributed by atoms with Gasteiger partial charge in [-0.1, -0.05) is 0 Å². The first-order chi connectivity index (χ1) is 7.38. The van der Waals surface area contributed by atoms with Crippen molar-refractivity contribution in [2.24, 2.45) is 0 Å². The molecule has 0 unspecified atom stereocenters. The lowest BCUT2D eigenvalue weighted by Crippen LogP contribution is -2.45. The van der Waals surface area contributed by atoms with Crippen molar-refractivity contribution in [2.75, 3.05) is 26.3 Å². The molecule has 0 spiro atoms. The van der Waals surface area contributed by atoms with E-state index in [-0.39, 0.29) is 0 Å². The van der Waals surface area contributed by atoms with Crippen molar-refractivity contribution in [1.82, 2.24) is 20.2 Å².